The van der Waals surface area contributed by atoms with Crippen LogP contribution in [0.3, 0.4) is 0 Å². The summed E-state index contributed by atoms with van der Waals surface area (Å²) in [5.74, 6) is 0.777. The van der Waals surface area contributed by atoms with Crippen LogP contribution in [0.5, 0.6) is 0 Å². The second-order valence-corrected chi connectivity index (χ2v) is 29.1. The van der Waals surface area contributed by atoms with Crippen LogP contribution in [0.15, 0.2) is 6.20 Å². The number of carbonyl (C=O) groups excluding carboxylic acids is 3. The largest absolute Gasteiger partial charge is 0.471 e. The molecule has 0 aliphatic heterocycles. The van der Waals surface area contributed by atoms with Gasteiger partial charge in [-0.3, -0.25) is 23.4 Å². The van der Waals surface area contributed by atoms with Gasteiger partial charge in [-0.2, -0.15) is 0 Å². The molecule has 1 unspecified atom stereocenters. The maximum atomic E-state index is 12.0. The summed E-state index contributed by atoms with van der Waals surface area (Å²) in [6.45, 7) is 29.1. The quantitative estimate of drug-likeness (QED) is 0.0308. The molecule has 1 heterocycles. The molecule has 0 aliphatic rings. The number of phosphoric acid groups is 1. The molecule has 1 rings (SSSR count). The number of nitrogens with two attached hydrogens (primary N) is 3. The number of carbonyl (C=O) groups is 3. The van der Waals surface area contributed by atoms with Crippen molar-refractivity contribution in [2.24, 2.45) is 17.2 Å². The Morgan fingerprint density at radius 1 is 0.374 bits per heavy atom. The predicted octanol–water partition coefficient (Wildman–Crippen LogP) is 1.82. The third kappa shape index (κ3) is 105. The molecule has 42 nitrogen and oxygen atoms in total. The highest BCUT2D eigenvalue weighted by Gasteiger charge is 2.17. The Morgan fingerprint density at radius 2 is 0.626 bits per heavy atom. The maximum Gasteiger partial charge on any atom is 0.471 e. The van der Waals surface area contributed by atoms with E-state index in [0.717, 1.165) is 38.5 Å². The van der Waals surface area contributed by atoms with Gasteiger partial charge in [-0.25, -0.2) is 9.25 Å². The number of phosphoric ester groups is 1. The molecule has 2 atom stereocenters. The zero-order valence-corrected chi connectivity index (χ0v) is 75.0. The molecule has 0 aliphatic carbocycles. The molecule has 0 saturated heterocycles. The zero-order valence-electron chi connectivity index (χ0n) is 72.5. The SMILES string of the molecule is C.C.COP(=O)(O)OCCCCCCN.Cc1cn(CCOCCOCCOCCNC(=O)CCOCCOCCOCCOCCOCCOCCOCCOCCOCCOCCOCCOCCOCCOCCOCCOCCOCCOCCOCCOCCOCCOCCOCCOCCNC(=O)CCSSC[C@H](N)C(=O)CN)nn1. The first-order chi connectivity index (χ1) is 59.5. The second kappa shape index (κ2) is 106. The molecular weight excluding hydrogens is 1690 g/mol. The number of ether oxygens (including phenoxy) is 27. The van der Waals surface area contributed by atoms with Crippen molar-refractivity contribution < 1.29 is 161 Å². The average Bonchev–Trinajstić information content (AvgIpc) is 1.79. The highest BCUT2D eigenvalue weighted by Crippen LogP contribution is 2.42. The molecule has 0 fully saturated rings. The van der Waals surface area contributed by atoms with Crippen molar-refractivity contribution in [3.05, 3.63) is 11.9 Å². The van der Waals surface area contributed by atoms with Crippen molar-refractivity contribution >= 4 is 47.0 Å². The number of nitrogens with one attached hydrogen (secondary N) is 2. The van der Waals surface area contributed by atoms with Crippen LogP contribution in [-0.4, -0.2) is 452 Å². The number of aryl methyl sites for hydroxylation is 1. The molecule has 9 N–H and O–H groups in total. The van der Waals surface area contributed by atoms with E-state index in [2.05, 4.69) is 30.0 Å². The number of hydrogen-bond acceptors (Lipinski definition) is 40. The third-order valence-corrected chi connectivity index (χ3v) is 18.4. The fourth-order valence-electron chi connectivity index (χ4n) is 8.62. The van der Waals surface area contributed by atoms with E-state index in [1.54, 1.807) is 4.68 Å². The van der Waals surface area contributed by atoms with E-state index in [1.165, 1.54) is 21.6 Å². The van der Waals surface area contributed by atoms with Crippen molar-refractivity contribution in [3.8, 4) is 0 Å². The van der Waals surface area contributed by atoms with Crippen molar-refractivity contribution in [1.82, 2.24) is 25.6 Å². The Balaban J connectivity index is -0.00000877. The lowest BCUT2D eigenvalue weighted by Crippen LogP contribution is -2.37. The van der Waals surface area contributed by atoms with Crippen LogP contribution in [0.4, 0.5) is 0 Å². The minimum absolute atomic E-state index is 0. The van der Waals surface area contributed by atoms with Gasteiger partial charge in [-0.1, -0.05) is 54.5 Å². The van der Waals surface area contributed by atoms with Gasteiger partial charge in [0.1, 0.15) is 0 Å². The molecular formula is C78H161N8O34PS2. The van der Waals surface area contributed by atoms with Gasteiger partial charge < -0.3 is 161 Å². The summed E-state index contributed by atoms with van der Waals surface area (Å²) in [4.78, 5) is 44.0. The lowest BCUT2D eigenvalue weighted by molar-refractivity contribution is -0.123. The number of rotatable bonds is 103. The van der Waals surface area contributed by atoms with E-state index in [0.29, 0.717) is 401 Å². The minimum atomic E-state index is -3.75. The van der Waals surface area contributed by atoms with E-state index >= 15 is 0 Å². The van der Waals surface area contributed by atoms with Crippen LogP contribution in [0.1, 0.15) is 59.1 Å². The smallest absolute Gasteiger partial charge is 0.379 e. The summed E-state index contributed by atoms with van der Waals surface area (Å²) >= 11 is 0. The van der Waals surface area contributed by atoms with Gasteiger partial charge in [-0.15, -0.1) is 5.10 Å². The van der Waals surface area contributed by atoms with Gasteiger partial charge >= 0.3 is 7.82 Å². The van der Waals surface area contributed by atoms with Crippen LogP contribution >= 0.6 is 29.4 Å². The molecule has 734 valence electrons. The van der Waals surface area contributed by atoms with Gasteiger partial charge in [0.05, 0.1) is 388 Å². The molecule has 123 heavy (non-hydrogen) atoms. The first-order valence-electron chi connectivity index (χ1n) is 42.0. The topological polar surface area (TPSA) is 489 Å². The van der Waals surface area contributed by atoms with Crippen LogP contribution in [0.2, 0.25) is 0 Å². The predicted molar refractivity (Wildman–Crippen MR) is 463 cm³/mol. The molecule has 0 aromatic carbocycles. The van der Waals surface area contributed by atoms with Crippen LogP contribution < -0.4 is 27.8 Å². The molecule has 2 amide bonds. The number of hydrogen-bond donors (Lipinski definition) is 6. The first kappa shape index (κ1) is 124. The van der Waals surface area contributed by atoms with E-state index in [-0.39, 0.29) is 52.0 Å². The molecule has 0 saturated carbocycles. The van der Waals surface area contributed by atoms with Crippen LogP contribution in [0.25, 0.3) is 0 Å². The fraction of sp³-hybridized carbons (Fsp3) is 0.936. The van der Waals surface area contributed by atoms with Crippen LogP contribution in [0, 0.1) is 6.92 Å². The Morgan fingerprint density at radius 3 is 0.878 bits per heavy atom. The summed E-state index contributed by atoms with van der Waals surface area (Å²) in [5, 5.41) is 13.5. The third-order valence-electron chi connectivity index (χ3n) is 15.0. The number of nitrogens with zero attached hydrogens (tertiary/aromatic N) is 3. The van der Waals surface area contributed by atoms with Gasteiger partial charge in [0.2, 0.25) is 11.8 Å². The number of aromatic nitrogens is 3. The molecule has 45 heteroatoms. The molecule has 0 bridgehead atoms. The average molecular weight is 1850 g/mol. The lowest BCUT2D eigenvalue weighted by atomic mass is 10.2. The fourth-order valence-corrected chi connectivity index (χ4v) is 11.2. The van der Waals surface area contributed by atoms with Crippen molar-refractivity contribution in [3.63, 3.8) is 0 Å². The van der Waals surface area contributed by atoms with Gasteiger partial charge in [0, 0.05) is 50.7 Å². The second-order valence-electron chi connectivity index (χ2n) is 24.9. The summed E-state index contributed by atoms with van der Waals surface area (Å²) in [7, 11) is 0.360. The summed E-state index contributed by atoms with van der Waals surface area (Å²) < 4.78 is 170. The number of ketones is 1. The highest BCUT2D eigenvalue weighted by atomic mass is 33.1. The van der Waals surface area contributed by atoms with Crippen molar-refractivity contribution in [2.75, 3.05) is 408 Å². The maximum absolute atomic E-state index is 12.0. The Hall–Kier alpha value is -2.64. The number of unbranched alkanes of at least 4 members (excludes halogenated alkanes) is 3. The Bertz CT molecular complexity index is 2320. The monoisotopic (exact) mass is 1850 g/mol. The summed E-state index contributed by atoms with van der Waals surface area (Å²) in [6.07, 6.45) is 6.24. The lowest BCUT2D eigenvalue weighted by Gasteiger charge is -2.09. The van der Waals surface area contributed by atoms with E-state index in [9.17, 15) is 18.9 Å². The molecule has 1 aromatic heterocycles. The first-order valence-corrected chi connectivity index (χ1v) is 46.0. The normalized spacial score (nSPS) is 12.1. The standard InChI is InChI=1S/C69H135N7O30S2.C7H18NO4P.2CH4/c1-65-63-76(75-74-65)6-10-83-14-18-85-16-12-81-8-4-72-68(78)2-7-80-11-15-84-19-21-87-23-25-89-27-29-91-31-33-93-35-37-95-39-41-97-43-45-99-47-49-101-51-53-103-55-57-105-59-60-106-58-56-104-54-52-102-50-48-100-46-44-98-42-40-96-38-36-94-34-32-92-30-28-90-26-24-88-22-20-86-17-13-82-9-5-73-69(79)3-61-107-108-64-66(71)67(77)62-70;1-11-13(9,10)12-7-5-3-2-4-6-8;;/h63,66H,2-62,64,70-71H2,1H3,(H,72,78)(H,73,79);2-8H2,1H3,(H,9,10);2*1H4/t66-;;;/m0.../s1. The summed E-state index contributed by atoms with van der Waals surface area (Å²) in [6, 6.07) is -0.566. The van der Waals surface area contributed by atoms with Gasteiger partial charge in [-0.05, 0) is 26.3 Å². The number of Topliss-reactive ketones (excluding diaryl/α,β-unsaturated/α-hetero) is 1. The van der Waals surface area contributed by atoms with Gasteiger partial charge in [0.15, 0.2) is 5.78 Å². The Labute approximate surface area is 740 Å². The van der Waals surface area contributed by atoms with E-state index < -0.39 is 13.9 Å². The Kier molecular flexibility index (Phi) is 108. The molecule has 0 radical (unpaired) electrons. The zero-order chi connectivity index (χ0) is 87.5. The van der Waals surface area contributed by atoms with E-state index in [4.69, 9.17) is 150 Å². The minimum Gasteiger partial charge on any atom is -0.379 e. The van der Waals surface area contributed by atoms with Crippen LogP contribution in [-0.2, 0) is 162 Å². The molecule has 0 spiro atoms. The molecule has 1 aromatic rings. The number of amides is 2. The van der Waals surface area contributed by atoms with Gasteiger partial charge in [0.25, 0.3) is 0 Å². The van der Waals surface area contributed by atoms with E-state index in [1.807, 2.05) is 13.1 Å². The summed E-state index contributed by atoms with van der Waals surface area (Å²) in [5.41, 5.74) is 17.2. The highest BCUT2D eigenvalue weighted by molar-refractivity contribution is 8.76. The van der Waals surface area contributed by atoms with Crippen molar-refractivity contribution in [2.45, 2.75) is 72.9 Å². The van der Waals surface area contributed by atoms with Crippen molar-refractivity contribution in [1.29, 1.82) is 0 Å².